The zero-order valence-electron chi connectivity index (χ0n) is 17.0. The summed E-state index contributed by atoms with van der Waals surface area (Å²) in [5.74, 6) is -1.29. The molecule has 0 atom stereocenters. The van der Waals surface area contributed by atoms with Crippen LogP contribution in [0.4, 0.5) is 16.5 Å². The number of nitrogens with zero attached hydrogens (tertiary/aromatic N) is 2. The molecule has 1 aliphatic heterocycles. The molecule has 1 aromatic heterocycles. The first kappa shape index (κ1) is 21.5. The van der Waals surface area contributed by atoms with Gasteiger partial charge in [-0.1, -0.05) is 29.8 Å². The average molecular weight is 469 g/mol. The van der Waals surface area contributed by atoms with Crippen molar-refractivity contribution in [2.45, 2.75) is 6.92 Å². The van der Waals surface area contributed by atoms with Crippen molar-refractivity contribution in [3.63, 3.8) is 0 Å². The van der Waals surface area contributed by atoms with Gasteiger partial charge in [-0.2, -0.15) is 0 Å². The number of aromatic nitrogens is 1. The lowest BCUT2D eigenvalue weighted by Gasteiger charge is -2.18. The average Bonchev–Trinajstić information content (AvgIpc) is 3.29. The number of methoxy groups -OCH3 is 1. The highest BCUT2D eigenvalue weighted by atomic mass is 35.5. The highest BCUT2D eigenvalue weighted by Gasteiger charge is 2.40. The molecular weight excluding hydrogens is 452 g/mol. The van der Waals surface area contributed by atoms with E-state index in [9.17, 15) is 14.4 Å². The van der Waals surface area contributed by atoms with Crippen molar-refractivity contribution in [3.8, 4) is 5.75 Å². The fourth-order valence-corrected chi connectivity index (χ4v) is 4.00. The Morgan fingerprint density at radius 1 is 1.12 bits per heavy atom. The van der Waals surface area contributed by atoms with E-state index in [0.29, 0.717) is 22.1 Å². The SMILES string of the molecule is COc1ccccc1N1C(=O)C(Cl)=C(Nc2cccc(C(=O)Nc3nc(C)cs3)c2)C1=O. The maximum absolute atomic E-state index is 13.0. The lowest BCUT2D eigenvalue weighted by atomic mass is 10.2. The molecule has 3 amide bonds. The third-order valence-corrected chi connectivity index (χ3v) is 5.81. The minimum absolute atomic E-state index is 0.0873. The number of imide groups is 1. The van der Waals surface area contributed by atoms with E-state index < -0.39 is 11.8 Å². The van der Waals surface area contributed by atoms with Gasteiger partial charge in [0.2, 0.25) is 0 Å². The second-order valence-electron chi connectivity index (χ2n) is 6.76. The van der Waals surface area contributed by atoms with Crippen molar-refractivity contribution in [1.29, 1.82) is 0 Å². The largest absolute Gasteiger partial charge is 0.495 e. The molecule has 0 saturated heterocycles. The van der Waals surface area contributed by atoms with Gasteiger partial charge in [0.25, 0.3) is 17.7 Å². The number of hydrogen-bond donors (Lipinski definition) is 2. The fourth-order valence-electron chi connectivity index (χ4n) is 3.11. The smallest absolute Gasteiger partial charge is 0.283 e. The van der Waals surface area contributed by atoms with Gasteiger partial charge in [-0.3, -0.25) is 19.7 Å². The molecule has 0 unspecified atom stereocenters. The number of carbonyl (C=O) groups excluding carboxylic acids is 3. The molecule has 32 heavy (non-hydrogen) atoms. The fraction of sp³-hybridized carbons (Fsp3) is 0.0909. The van der Waals surface area contributed by atoms with Crippen LogP contribution in [0.25, 0.3) is 0 Å². The number of anilines is 3. The highest BCUT2D eigenvalue weighted by Crippen LogP contribution is 2.35. The predicted molar refractivity (Wildman–Crippen MR) is 123 cm³/mol. The summed E-state index contributed by atoms with van der Waals surface area (Å²) in [7, 11) is 1.45. The normalized spacial score (nSPS) is 13.5. The lowest BCUT2D eigenvalue weighted by Crippen LogP contribution is -2.32. The number of aryl methyl sites for hydroxylation is 1. The van der Waals surface area contributed by atoms with Crippen LogP contribution in [0.15, 0.2) is 64.6 Å². The van der Waals surface area contributed by atoms with Crippen molar-refractivity contribution in [1.82, 2.24) is 4.98 Å². The first-order valence-corrected chi connectivity index (χ1v) is 10.7. The number of para-hydroxylation sites is 2. The summed E-state index contributed by atoms with van der Waals surface area (Å²) in [4.78, 5) is 43.4. The number of carbonyl (C=O) groups is 3. The summed E-state index contributed by atoms with van der Waals surface area (Å²) >= 11 is 7.53. The minimum Gasteiger partial charge on any atom is -0.495 e. The van der Waals surface area contributed by atoms with Gasteiger partial charge in [0.1, 0.15) is 16.5 Å². The summed E-state index contributed by atoms with van der Waals surface area (Å²) in [5.41, 5.74) is 1.77. The Kier molecular flexibility index (Phi) is 5.93. The summed E-state index contributed by atoms with van der Waals surface area (Å²) in [6.07, 6.45) is 0. The molecule has 2 aromatic carbocycles. The van der Waals surface area contributed by atoms with Crippen LogP contribution in [0.3, 0.4) is 0 Å². The Bertz CT molecular complexity index is 1270. The Balaban J connectivity index is 1.56. The first-order valence-electron chi connectivity index (χ1n) is 9.41. The molecule has 1 aliphatic rings. The van der Waals surface area contributed by atoms with Gasteiger partial charge < -0.3 is 10.1 Å². The molecule has 0 aliphatic carbocycles. The molecule has 2 N–H and O–H groups in total. The van der Waals surface area contributed by atoms with E-state index in [-0.39, 0.29) is 22.3 Å². The van der Waals surface area contributed by atoms with Gasteiger partial charge in [-0.25, -0.2) is 9.88 Å². The molecule has 0 bridgehead atoms. The second-order valence-corrected chi connectivity index (χ2v) is 8.00. The van der Waals surface area contributed by atoms with Gasteiger partial charge in [-0.05, 0) is 37.3 Å². The number of nitrogens with one attached hydrogen (secondary N) is 2. The van der Waals surface area contributed by atoms with Crippen LogP contribution in [-0.2, 0) is 9.59 Å². The van der Waals surface area contributed by atoms with Crippen LogP contribution in [-0.4, -0.2) is 29.8 Å². The quantitative estimate of drug-likeness (QED) is 0.527. The van der Waals surface area contributed by atoms with E-state index in [1.54, 1.807) is 48.5 Å². The lowest BCUT2D eigenvalue weighted by molar-refractivity contribution is -0.120. The van der Waals surface area contributed by atoms with Crippen molar-refractivity contribution in [3.05, 3.63) is 75.9 Å². The van der Waals surface area contributed by atoms with E-state index in [4.69, 9.17) is 16.3 Å². The number of benzene rings is 2. The third kappa shape index (κ3) is 4.08. The summed E-state index contributed by atoms with van der Waals surface area (Å²) in [6.45, 7) is 1.84. The number of thiazole rings is 1. The van der Waals surface area contributed by atoms with Crippen molar-refractivity contribution in [2.24, 2.45) is 0 Å². The molecule has 0 saturated carbocycles. The number of hydrogen-bond acceptors (Lipinski definition) is 7. The van der Waals surface area contributed by atoms with Crippen LogP contribution in [0.2, 0.25) is 0 Å². The molecular formula is C22H17ClN4O4S. The maximum Gasteiger partial charge on any atom is 0.283 e. The van der Waals surface area contributed by atoms with Crippen molar-refractivity contribution >= 4 is 57.2 Å². The van der Waals surface area contributed by atoms with Gasteiger partial charge in [-0.15, -0.1) is 11.3 Å². The Morgan fingerprint density at radius 2 is 1.91 bits per heavy atom. The Morgan fingerprint density at radius 3 is 2.62 bits per heavy atom. The van der Waals surface area contributed by atoms with Crippen molar-refractivity contribution < 1.29 is 19.1 Å². The zero-order valence-corrected chi connectivity index (χ0v) is 18.6. The second kappa shape index (κ2) is 8.81. The van der Waals surface area contributed by atoms with Gasteiger partial charge in [0.05, 0.1) is 18.5 Å². The number of rotatable bonds is 6. The summed E-state index contributed by atoms with van der Waals surface area (Å²) in [5, 5.41) is 7.66. The summed E-state index contributed by atoms with van der Waals surface area (Å²) < 4.78 is 5.26. The highest BCUT2D eigenvalue weighted by molar-refractivity contribution is 7.13. The molecule has 0 spiro atoms. The van der Waals surface area contributed by atoms with Crippen LogP contribution in [0, 0.1) is 6.92 Å². The van der Waals surface area contributed by atoms with Crippen LogP contribution in [0.5, 0.6) is 5.75 Å². The third-order valence-electron chi connectivity index (χ3n) is 4.59. The molecule has 4 rings (SSSR count). The molecule has 10 heteroatoms. The van der Waals surface area contributed by atoms with Crippen LogP contribution < -0.4 is 20.3 Å². The molecule has 0 fully saturated rings. The number of halogens is 1. The molecule has 2 heterocycles. The molecule has 3 aromatic rings. The molecule has 0 radical (unpaired) electrons. The Hall–Kier alpha value is -3.69. The first-order chi connectivity index (χ1) is 15.4. The standard InChI is InChI=1S/C22H17ClN4O4S/c1-12-11-32-22(24-12)26-19(28)13-6-5-7-14(10-13)25-18-17(23)20(29)27(21(18)30)15-8-3-4-9-16(15)31-2/h3-11,25H,1-2H3,(H,24,26,28). The predicted octanol–water partition coefficient (Wildman–Crippen LogP) is 4.15. The van der Waals surface area contributed by atoms with Gasteiger partial charge >= 0.3 is 0 Å². The van der Waals surface area contributed by atoms with E-state index in [2.05, 4.69) is 15.6 Å². The van der Waals surface area contributed by atoms with E-state index in [0.717, 1.165) is 10.6 Å². The number of ether oxygens (including phenoxy) is 1. The van der Waals surface area contributed by atoms with E-state index in [1.807, 2.05) is 12.3 Å². The van der Waals surface area contributed by atoms with E-state index >= 15 is 0 Å². The minimum atomic E-state index is -0.670. The van der Waals surface area contributed by atoms with Crippen molar-refractivity contribution in [2.75, 3.05) is 22.6 Å². The molecule has 162 valence electrons. The Labute approximate surface area is 192 Å². The maximum atomic E-state index is 13.0. The monoisotopic (exact) mass is 468 g/mol. The van der Waals surface area contributed by atoms with Crippen LogP contribution in [0.1, 0.15) is 16.1 Å². The van der Waals surface area contributed by atoms with Crippen LogP contribution >= 0.6 is 22.9 Å². The van der Waals surface area contributed by atoms with E-state index in [1.165, 1.54) is 18.4 Å². The molecule has 8 nitrogen and oxygen atoms in total. The zero-order chi connectivity index (χ0) is 22.8. The topological polar surface area (TPSA) is 101 Å². The van der Waals surface area contributed by atoms with Gasteiger partial charge in [0, 0.05) is 16.6 Å². The number of amides is 3. The van der Waals surface area contributed by atoms with Gasteiger partial charge in [0.15, 0.2) is 5.13 Å². The summed E-state index contributed by atoms with van der Waals surface area (Å²) in [6, 6.07) is 13.1.